The van der Waals surface area contributed by atoms with Crippen molar-refractivity contribution in [1.29, 1.82) is 0 Å². The van der Waals surface area contributed by atoms with Gasteiger partial charge in [0, 0.05) is 19.6 Å². The summed E-state index contributed by atoms with van der Waals surface area (Å²) >= 11 is 0. The first-order chi connectivity index (χ1) is 11.1. The van der Waals surface area contributed by atoms with Gasteiger partial charge in [-0.1, -0.05) is 13.8 Å². The van der Waals surface area contributed by atoms with Gasteiger partial charge in [-0.2, -0.15) is 0 Å². The number of rotatable bonds is 15. The maximum absolute atomic E-state index is 11.7. The monoisotopic (exact) mass is 331 g/mol. The van der Waals surface area contributed by atoms with E-state index in [0.29, 0.717) is 45.4 Å². The predicted molar refractivity (Wildman–Crippen MR) is 89.1 cm³/mol. The van der Waals surface area contributed by atoms with Crippen LogP contribution in [0.2, 0.25) is 0 Å². The van der Waals surface area contributed by atoms with Crippen LogP contribution in [0.3, 0.4) is 0 Å². The molecule has 6 heteroatoms. The summed E-state index contributed by atoms with van der Waals surface area (Å²) in [5, 5.41) is 8.74. The quantitative estimate of drug-likeness (QED) is 0.366. The molecule has 0 bridgehead atoms. The predicted octanol–water partition coefficient (Wildman–Crippen LogP) is 2.14. The zero-order valence-electron chi connectivity index (χ0n) is 14.7. The number of ether oxygens (including phenoxy) is 2. The maximum Gasteiger partial charge on any atom is 0.307 e. The molecule has 0 amide bonds. The third-order valence-electron chi connectivity index (χ3n) is 3.57. The standard InChI is InChI=1S/C17H33NO5/c1-3-16(20)22-14-8-9-15-23-17(21)10-12-18(4-2)11-6-5-7-13-19/h19H,3-15H2,1-2H3. The molecule has 0 saturated carbocycles. The van der Waals surface area contributed by atoms with Crippen LogP contribution in [0.1, 0.15) is 58.8 Å². The van der Waals surface area contributed by atoms with E-state index in [1.54, 1.807) is 6.92 Å². The molecular weight excluding hydrogens is 298 g/mol. The SMILES string of the molecule is CCC(=O)OCCCCOC(=O)CCN(CC)CCCCCO. The van der Waals surface area contributed by atoms with Crippen molar-refractivity contribution in [2.45, 2.75) is 58.8 Å². The molecule has 0 heterocycles. The molecule has 6 nitrogen and oxygen atoms in total. The zero-order chi connectivity index (χ0) is 17.3. The van der Waals surface area contributed by atoms with E-state index in [4.69, 9.17) is 14.6 Å². The second-order valence-corrected chi connectivity index (χ2v) is 5.47. The minimum absolute atomic E-state index is 0.177. The number of esters is 2. The van der Waals surface area contributed by atoms with Gasteiger partial charge >= 0.3 is 11.9 Å². The summed E-state index contributed by atoms with van der Waals surface area (Å²) in [6, 6.07) is 0. The number of carbonyl (C=O) groups is 2. The molecule has 0 saturated heterocycles. The lowest BCUT2D eigenvalue weighted by Crippen LogP contribution is -2.27. The molecule has 0 aromatic heterocycles. The van der Waals surface area contributed by atoms with E-state index in [9.17, 15) is 9.59 Å². The van der Waals surface area contributed by atoms with Crippen LogP contribution >= 0.6 is 0 Å². The van der Waals surface area contributed by atoms with Crippen molar-refractivity contribution < 1.29 is 24.2 Å². The highest BCUT2D eigenvalue weighted by Crippen LogP contribution is 2.01. The van der Waals surface area contributed by atoms with Gasteiger partial charge in [0.15, 0.2) is 0 Å². The minimum Gasteiger partial charge on any atom is -0.466 e. The van der Waals surface area contributed by atoms with Gasteiger partial charge in [0.2, 0.25) is 0 Å². The Morgan fingerprint density at radius 3 is 2.09 bits per heavy atom. The highest BCUT2D eigenvalue weighted by molar-refractivity contribution is 5.69. The highest BCUT2D eigenvalue weighted by atomic mass is 16.5. The molecular formula is C17H33NO5. The fraction of sp³-hybridized carbons (Fsp3) is 0.882. The molecule has 23 heavy (non-hydrogen) atoms. The molecule has 0 aliphatic rings. The summed E-state index contributed by atoms with van der Waals surface area (Å²) in [7, 11) is 0. The summed E-state index contributed by atoms with van der Waals surface area (Å²) in [6.07, 6.45) is 5.11. The Morgan fingerprint density at radius 1 is 0.870 bits per heavy atom. The van der Waals surface area contributed by atoms with Crippen molar-refractivity contribution >= 4 is 11.9 Å². The second-order valence-electron chi connectivity index (χ2n) is 5.47. The fourth-order valence-corrected chi connectivity index (χ4v) is 2.05. The van der Waals surface area contributed by atoms with E-state index in [1.807, 2.05) is 0 Å². The molecule has 0 atom stereocenters. The van der Waals surface area contributed by atoms with Gasteiger partial charge in [-0.05, 0) is 45.2 Å². The first-order valence-electron chi connectivity index (χ1n) is 8.78. The number of aliphatic hydroxyl groups is 1. The highest BCUT2D eigenvalue weighted by Gasteiger charge is 2.07. The van der Waals surface area contributed by atoms with E-state index < -0.39 is 0 Å². The van der Waals surface area contributed by atoms with E-state index in [1.165, 1.54) is 0 Å². The average molecular weight is 331 g/mol. The van der Waals surface area contributed by atoms with Crippen LogP contribution in [0.5, 0.6) is 0 Å². The van der Waals surface area contributed by atoms with Crippen LogP contribution in [0.4, 0.5) is 0 Å². The van der Waals surface area contributed by atoms with Crippen LogP contribution in [-0.4, -0.2) is 61.4 Å². The number of hydrogen-bond acceptors (Lipinski definition) is 6. The Hall–Kier alpha value is -1.14. The smallest absolute Gasteiger partial charge is 0.307 e. The molecule has 136 valence electrons. The third-order valence-corrected chi connectivity index (χ3v) is 3.57. The Balaban J connectivity index is 3.55. The lowest BCUT2D eigenvalue weighted by atomic mass is 10.2. The van der Waals surface area contributed by atoms with Crippen LogP contribution in [-0.2, 0) is 19.1 Å². The molecule has 0 aliphatic heterocycles. The van der Waals surface area contributed by atoms with Gasteiger partial charge in [0.05, 0.1) is 19.6 Å². The van der Waals surface area contributed by atoms with Crippen LogP contribution < -0.4 is 0 Å². The number of nitrogens with zero attached hydrogens (tertiary/aromatic N) is 1. The topological polar surface area (TPSA) is 76.1 Å². The first kappa shape index (κ1) is 21.9. The first-order valence-corrected chi connectivity index (χ1v) is 8.78. The van der Waals surface area contributed by atoms with Gasteiger partial charge < -0.3 is 19.5 Å². The van der Waals surface area contributed by atoms with Crippen molar-refractivity contribution in [3.05, 3.63) is 0 Å². The zero-order valence-corrected chi connectivity index (χ0v) is 14.7. The third kappa shape index (κ3) is 14.2. The van der Waals surface area contributed by atoms with E-state index >= 15 is 0 Å². The van der Waals surface area contributed by atoms with Gasteiger partial charge in [0.1, 0.15) is 0 Å². The lowest BCUT2D eigenvalue weighted by molar-refractivity contribution is -0.146. The van der Waals surface area contributed by atoms with E-state index in [-0.39, 0.29) is 18.5 Å². The van der Waals surface area contributed by atoms with Crippen LogP contribution in [0.25, 0.3) is 0 Å². The average Bonchev–Trinajstić information content (AvgIpc) is 2.57. The van der Waals surface area contributed by atoms with Crippen molar-refractivity contribution in [2.24, 2.45) is 0 Å². The summed E-state index contributed by atoms with van der Waals surface area (Å²) in [5.41, 5.74) is 0. The van der Waals surface area contributed by atoms with E-state index in [0.717, 1.165) is 32.4 Å². The van der Waals surface area contributed by atoms with Crippen molar-refractivity contribution in [2.75, 3.05) is 39.5 Å². The number of aliphatic hydroxyl groups excluding tert-OH is 1. The number of hydrogen-bond donors (Lipinski definition) is 1. The van der Waals surface area contributed by atoms with Gasteiger partial charge in [-0.15, -0.1) is 0 Å². The Bertz CT molecular complexity index is 309. The Kier molecular flexibility index (Phi) is 15.0. The fourth-order valence-electron chi connectivity index (χ4n) is 2.05. The molecule has 1 N–H and O–H groups in total. The molecule has 0 fully saturated rings. The van der Waals surface area contributed by atoms with Crippen LogP contribution in [0, 0.1) is 0 Å². The second kappa shape index (κ2) is 15.7. The van der Waals surface area contributed by atoms with Gasteiger partial charge in [-0.3, -0.25) is 9.59 Å². The van der Waals surface area contributed by atoms with Crippen molar-refractivity contribution in [3.8, 4) is 0 Å². The normalized spacial score (nSPS) is 10.8. The minimum atomic E-state index is -0.194. The van der Waals surface area contributed by atoms with Crippen molar-refractivity contribution in [3.63, 3.8) is 0 Å². The molecule has 0 unspecified atom stereocenters. The largest absolute Gasteiger partial charge is 0.466 e. The Labute approximate surface area is 140 Å². The molecule has 0 rings (SSSR count). The number of carbonyl (C=O) groups excluding carboxylic acids is 2. The molecule has 0 aromatic rings. The summed E-state index contributed by atoms with van der Waals surface area (Å²) in [5.74, 6) is -0.370. The summed E-state index contributed by atoms with van der Waals surface area (Å²) in [6.45, 7) is 7.43. The summed E-state index contributed by atoms with van der Waals surface area (Å²) in [4.78, 5) is 24.8. The maximum atomic E-state index is 11.7. The van der Waals surface area contributed by atoms with Crippen LogP contribution in [0.15, 0.2) is 0 Å². The van der Waals surface area contributed by atoms with Crippen molar-refractivity contribution in [1.82, 2.24) is 4.90 Å². The summed E-state index contributed by atoms with van der Waals surface area (Å²) < 4.78 is 10.1. The molecule has 0 aromatic carbocycles. The molecule has 0 radical (unpaired) electrons. The van der Waals surface area contributed by atoms with Gasteiger partial charge in [0.25, 0.3) is 0 Å². The van der Waals surface area contributed by atoms with E-state index in [2.05, 4.69) is 11.8 Å². The van der Waals surface area contributed by atoms with Gasteiger partial charge in [-0.25, -0.2) is 0 Å². The molecule has 0 aliphatic carbocycles. The number of unbranched alkanes of at least 4 members (excludes halogenated alkanes) is 3. The Morgan fingerprint density at radius 2 is 1.52 bits per heavy atom. The lowest BCUT2D eigenvalue weighted by Gasteiger charge is -2.19. The molecule has 0 spiro atoms.